The number of benzene rings is 10. The summed E-state index contributed by atoms with van der Waals surface area (Å²) < 4.78 is 2.52. The molecule has 264 valence electrons. The van der Waals surface area contributed by atoms with Crippen LogP contribution in [0.5, 0.6) is 0 Å². The standard InChI is InChI=1S/C55H33NS/c1-3-13-36-31-39(23-21-34(36)11-1)52-45-18-7-8-19-46(45)53(40-24-22-35-12-2-4-14-37(35)32-40)50-33-38(25-26-47(50)52)41-27-28-48(43-16-6-5-15-42(41)43)54-55-49(29-30-56-54)44-17-9-10-20-51(44)57-55/h1-33H. The Bertz CT molecular complexity index is 3590. The van der Waals surface area contributed by atoms with Gasteiger partial charge < -0.3 is 0 Å². The highest BCUT2D eigenvalue weighted by molar-refractivity contribution is 7.26. The van der Waals surface area contributed by atoms with Crippen molar-refractivity contribution in [3.8, 4) is 44.6 Å². The first-order valence-electron chi connectivity index (χ1n) is 19.5. The van der Waals surface area contributed by atoms with Crippen molar-refractivity contribution in [2.24, 2.45) is 0 Å². The van der Waals surface area contributed by atoms with Crippen molar-refractivity contribution in [2.75, 3.05) is 0 Å². The Morgan fingerprint density at radius 3 is 1.51 bits per heavy atom. The number of pyridine rings is 1. The molecular weight excluding hydrogens is 707 g/mol. The molecule has 0 atom stereocenters. The molecule has 0 radical (unpaired) electrons. The van der Waals surface area contributed by atoms with Crippen LogP contribution in [0.4, 0.5) is 0 Å². The molecule has 0 spiro atoms. The molecule has 0 bridgehead atoms. The third kappa shape index (κ3) is 5.05. The van der Waals surface area contributed by atoms with E-state index in [-0.39, 0.29) is 0 Å². The van der Waals surface area contributed by atoms with Gasteiger partial charge in [-0.2, -0.15) is 0 Å². The maximum atomic E-state index is 5.03. The van der Waals surface area contributed by atoms with Crippen LogP contribution in [0, 0.1) is 0 Å². The molecule has 0 unspecified atom stereocenters. The predicted molar refractivity (Wildman–Crippen MR) is 246 cm³/mol. The van der Waals surface area contributed by atoms with Crippen LogP contribution < -0.4 is 0 Å². The number of thiophene rings is 1. The van der Waals surface area contributed by atoms with Gasteiger partial charge in [0, 0.05) is 27.2 Å². The van der Waals surface area contributed by atoms with Crippen LogP contribution in [0.1, 0.15) is 0 Å². The molecule has 0 saturated carbocycles. The summed E-state index contributed by atoms with van der Waals surface area (Å²) in [4.78, 5) is 5.03. The van der Waals surface area contributed by atoms with Crippen molar-refractivity contribution < 1.29 is 0 Å². The second kappa shape index (κ2) is 12.7. The zero-order chi connectivity index (χ0) is 37.5. The minimum atomic E-state index is 1.04. The third-order valence-corrected chi connectivity index (χ3v) is 13.1. The molecule has 1 nitrogen and oxygen atoms in total. The lowest BCUT2D eigenvalue weighted by molar-refractivity contribution is 1.37. The van der Waals surface area contributed by atoms with Gasteiger partial charge in [0.1, 0.15) is 0 Å². The number of fused-ring (bicyclic) bond motifs is 8. The number of hydrogen-bond acceptors (Lipinski definition) is 2. The van der Waals surface area contributed by atoms with E-state index in [2.05, 4.69) is 194 Å². The topological polar surface area (TPSA) is 12.9 Å². The zero-order valence-corrected chi connectivity index (χ0v) is 31.7. The lowest BCUT2D eigenvalue weighted by Crippen LogP contribution is -1.93. The van der Waals surface area contributed by atoms with Crippen LogP contribution >= 0.6 is 11.3 Å². The average molecular weight is 740 g/mol. The van der Waals surface area contributed by atoms with Crippen LogP contribution in [0.2, 0.25) is 0 Å². The van der Waals surface area contributed by atoms with E-state index < -0.39 is 0 Å². The Labute approximate surface area is 333 Å². The minimum absolute atomic E-state index is 1.04. The number of hydrogen-bond donors (Lipinski definition) is 0. The van der Waals surface area contributed by atoms with Gasteiger partial charge in [-0.15, -0.1) is 11.3 Å². The molecule has 2 aromatic heterocycles. The smallest absolute Gasteiger partial charge is 0.0886 e. The largest absolute Gasteiger partial charge is 0.255 e. The van der Waals surface area contributed by atoms with E-state index in [0.29, 0.717) is 0 Å². The number of aromatic nitrogens is 1. The fourth-order valence-electron chi connectivity index (χ4n) is 9.26. The molecule has 10 aromatic carbocycles. The summed E-state index contributed by atoms with van der Waals surface area (Å²) in [5.74, 6) is 0. The van der Waals surface area contributed by atoms with E-state index in [4.69, 9.17) is 4.98 Å². The fraction of sp³-hybridized carbons (Fsp3) is 0. The van der Waals surface area contributed by atoms with Crippen LogP contribution in [0.25, 0.3) is 119 Å². The first-order valence-corrected chi connectivity index (χ1v) is 20.3. The molecule has 57 heavy (non-hydrogen) atoms. The summed E-state index contributed by atoms with van der Waals surface area (Å²) in [6.45, 7) is 0. The molecule has 0 amide bonds. The zero-order valence-electron chi connectivity index (χ0n) is 30.9. The minimum Gasteiger partial charge on any atom is -0.255 e. The van der Waals surface area contributed by atoms with Gasteiger partial charge in [-0.25, -0.2) is 0 Å². The number of nitrogens with zero attached hydrogens (tertiary/aromatic N) is 1. The molecule has 0 N–H and O–H groups in total. The third-order valence-electron chi connectivity index (χ3n) is 11.9. The summed E-state index contributed by atoms with van der Waals surface area (Å²) in [6, 6.07) is 71.6. The maximum absolute atomic E-state index is 5.03. The molecule has 0 saturated heterocycles. The van der Waals surface area contributed by atoms with Crippen molar-refractivity contribution >= 4 is 85.4 Å². The maximum Gasteiger partial charge on any atom is 0.0886 e. The van der Waals surface area contributed by atoms with Gasteiger partial charge in [0.2, 0.25) is 0 Å². The monoisotopic (exact) mass is 739 g/mol. The molecule has 2 heterocycles. The quantitative estimate of drug-likeness (QED) is 0.164. The molecule has 2 heteroatoms. The van der Waals surface area contributed by atoms with Crippen LogP contribution in [-0.2, 0) is 0 Å². The summed E-state index contributed by atoms with van der Waals surface area (Å²) in [7, 11) is 0. The van der Waals surface area contributed by atoms with E-state index in [1.165, 1.54) is 107 Å². The molecular formula is C55H33NS. The highest BCUT2D eigenvalue weighted by atomic mass is 32.1. The van der Waals surface area contributed by atoms with Crippen LogP contribution in [-0.4, -0.2) is 4.98 Å². The summed E-state index contributed by atoms with van der Waals surface area (Å²) in [5.41, 5.74) is 9.59. The van der Waals surface area contributed by atoms with Crippen molar-refractivity contribution in [2.45, 2.75) is 0 Å². The molecule has 0 aliphatic heterocycles. The SMILES string of the molecule is c1ccc2cc(-c3c4ccccc4c(-c4ccc5ccccc5c4)c4cc(-c5ccc(-c6nccc7c6sc6ccccc67)c6ccccc56)ccc34)ccc2c1. The first-order chi connectivity index (χ1) is 28.3. The van der Waals surface area contributed by atoms with Crippen molar-refractivity contribution in [1.29, 1.82) is 0 Å². The van der Waals surface area contributed by atoms with E-state index in [9.17, 15) is 0 Å². The second-order valence-corrected chi connectivity index (χ2v) is 16.1. The molecule has 12 aromatic rings. The summed E-state index contributed by atoms with van der Waals surface area (Å²) in [6.07, 6.45) is 1.97. The second-order valence-electron chi connectivity index (χ2n) is 15.0. The molecule has 0 aliphatic carbocycles. The highest BCUT2D eigenvalue weighted by Crippen LogP contribution is 2.47. The fourth-order valence-corrected chi connectivity index (χ4v) is 10.5. The lowest BCUT2D eigenvalue weighted by atomic mass is 9.83. The Balaban J connectivity index is 1.13. The van der Waals surface area contributed by atoms with E-state index in [0.717, 1.165) is 11.3 Å². The van der Waals surface area contributed by atoms with Gasteiger partial charge >= 0.3 is 0 Å². The van der Waals surface area contributed by atoms with Gasteiger partial charge in [0.15, 0.2) is 0 Å². The lowest BCUT2D eigenvalue weighted by Gasteiger charge is -2.20. The molecule has 0 fully saturated rings. The van der Waals surface area contributed by atoms with Gasteiger partial charge in [-0.3, -0.25) is 4.98 Å². The highest BCUT2D eigenvalue weighted by Gasteiger charge is 2.20. The van der Waals surface area contributed by atoms with Crippen LogP contribution in [0.3, 0.4) is 0 Å². The van der Waals surface area contributed by atoms with Crippen molar-refractivity contribution in [3.63, 3.8) is 0 Å². The van der Waals surface area contributed by atoms with Gasteiger partial charge in [0.25, 0.3) is 0 Å². The summed E-state index contributed by atoms with van der Waals surface area (Å²) >= 11 is 1.83. The normalized spacial score (nSPS) is 11.9. The Hall–Kier alpha value is -7.13. The van der Waals surface area contributed by atoms with E-state index >= 15 is 0 Å². The molecule has 0 aliphatic rings. The Morgan fingerprint density at radius 1 is 0.316 bits per heavy atom. The summed E-state index contributed by atoms with van der Waals surface area (Å²) in [5, 5.41) is 15.0. The number of rotatable bonds is 4. The first kappa shape index (κ1) is 32.1. The van der Waals surface area contributed by atoms with Crippen molar-refractivity contribution in [3.05, 3.63) is 200 Å². The van der Waals surface area contributed by atoms with Crippen LogP contribution in [0.15, 0.2) is 200 Å². The molecule has 12 rings (SSSR count). The average Bonchev–Trinajstić information content (AvgIpc) is 3.66. The van der Waals surface area contributed by atoms with Gasteiger partial charge in [-0.1, -0.05) is 164 Å². The van der Waals surface area contributed by atoms with Crippen molar-refractivity contribution in [1.82, 2.24) is 4.98 Å². The van der Waals surface area contributed by atoms with Gasteiger partial charge in [0.05, 0.1) is 10.4 Å². The Morgan fingerprint density at radius 2 is 0.825 bits per heavy atom. The van der Waals surface area contributed by atoms with E-state index in [1.54, 1.807) is 0 Å². The Kier molecular flexibility index (Phi) is 7.17. The van der Waals surface area contributed by atoms with Gasteiger partial charge in [-0.05, 0) is 118 Å². The predicted octanol–water partition coefficient (Wildman–Crippen LogP) is 15.9. The van der Waals surface area contributed by atoms with E-state index in [1.807, 2.05) is 17.5 Å².